The predicted octanol–water partition coefficient (Wildman–Crippen LogP) is 2.02. The van der Waals surface area contributed by atoms with Crippen LogP contribution in [0.2, 0.25) is 0 Å². The van der Waals surface area contributed by atoms with Crippen molar-refractivity contribution in [2.75, 3.05) is 5.73 Å². The summed E-state index contributed by atoms with van der Waals surface area (Å²) in [4.78, 5) is 30.6. The van der Waals surface area contributed by atoms with Crippen molar-refractivity contribution in [3.05, 3.63) is 11.1 Å². The Hall–Kier alpha value is -1.96. The van der Waals surface area contributed by atoms with Gasteiger partial charge in [0.2, 0.25) is 0 Å². The van der Waals surface area contributed by atoms with Crippen molar-refractivity contribution in [2.45, 2.75) is 38.2 Å². The highest BCUT2D eigenvalue weighted by atomic mass is 32.1. The zero-order valence-electron chi connectivity index (χ0n) is 10.7. The molecule has 0 aliphatic heterocycles. The van der Waals surface area contributed by atoms with Gasteiger partial charge in [-0.2, -0.15) is 0 Å². The monoisotopic (exact) mass is 296 g/mol. The van der Waals surface area contributed by atoms with Gasteiger partial charge in [0.25, 0.3) is 6.29 Å². The van der Waals surface area contributed by atoms with Gasteiger partial charge in [-0.3, -0.25) is 9.63 Å². The summed E-state index contributed by atoms with van der Waals surface area (Å²) in [5.41, 5.74) is 5.43. The summed E-state index contributed by atoms with van der Waals surface area (Å²) >= 11 is 1.15. The SMILES string of the molecule is Nc1nc(C([C]=O)=NOC(=O)OC2CCCCC2)cs1. The minimum atomic E-state index is -0.923. The standard InChI is InChI=1S/C12H14N3O4S/c13-11-14-10(7-20-11)9(6-16)15-19-12(17)18-8-4-2-1-3-5-8/h7-8H,1-5H2,(H2,13,14). The number of nitrogens with two attached hydrogens (primary N) is 1. The maximum atomic E-state index is 11.4. The Bertz CT molecular complexity index is 509. The van der Waals surface area contributed by atoms with Gasteiger partial charge in [0.1, 0.15) is 11.8 Å². The van der Waals surface area contributed by atoms with Gasteiger partial charge in [0.05, 0.1) is 0 Å². The lowest BCUT2D eigenvalue weighted by atomic mass is 9.98. The van der Waals surface area contributed by atoms with Crippen LogP contribution < -0.4 is 5.73 Å². The van der Waals surface area contributed by atoms with E-state index < -0.39 is 6.16 Å². The van der Waals surface area contributed by atoms with Gasteiger partial charge in [-0.05, 0) is 25.7 Å². The van der Waals surface area contributed by atoms with E-state index >= 15 is 0 Å². The van der Waals surface area contributed by atoms with Crippen molar-refractivity contribution in [2.24, 2.45) is 5.16 Å². The molecule has 8 heteroatoms. The molecule has 1 fully saturated rings. The van der Waals surface area contributed by atoms with Crippen molar-refractivity contribution in [1.29, 1.82) is 0 Å². The van der Waals surface area contributed by atoms with E-state index in [0.717, 1.165) is 43.4 Å². The molecular weight excluding hydrogens is 282 g/mol. The van der Waals surface area contributed by atoms with Crippen LogP contribution in [0, 0.1) is 0 Å². The molecule has 0 amide bonds. The number of oxime groups is 1. The first kappa shape index (κ1) is 14.4. The van der Waals surface area contributed by atoms with Crippen LogP contribution in [0.3, 0.4) is 0 Å². The Balaban J connectivity index is 1.89. The Labute approximate surface area is 119 Å². The fourth-order valence-corrected chi connectivity index (χ4v) is 2.49. The number of carbonyl (C=O) groups is 1. The molecule has 0 atom stereocenters. The molecule has 0 spiro atoms. The third-order valence-electron chi connectivity index (χ3n) is 2.89. The lowest BCUT2D eigenvalue weighted by molar-refractivity contribution is 0.0126. The number of anilines is 1. The van der Waals surface area contributed by atoms with Crippen molar-refractivity contribution >= 4 is 34.6 Å². The smallest absolute Gasteiger partial charge is 0.429 e. The maximum Gasteiger partial charge on any atom is 0.535 e. The second-order valence-corrected chi connectivity index (χ2v) is 5.22. The molecule has 1 saturated carbocycles. The van der Waals surface area contributed by atoms with Gasteiger partial charge >= 0.3 is 6.16 Å². The molecule has 2 N–H and O–H groups in total. The molecule has 0 saturated heterocycles. The number of rotatable bonds is 4. The summed E-state index contributed by atoms with van der Waals surface area (Å²) in [5, 5.41) is 5.21. The molecule has 20 heavy (non-hydrogen) atoms. The van der Waals surface area contributed by atoms with Gasteiger partial charge in [0, 0.05) is 5.38 Å². The summed E-state index contributed by atoms with van der Waals surface area (Å²) < 4.78 is 5.09. The zero-order valence-corrected chi connectivity index (χ0v) is 11.5. The number of carbonyl (C=O) groups excluding carboxylic acids is 2. The van der Waals surface area contributed by atoms with Crippen molar-refractivity contribution in [1.82, 2.24) is 4.98 Å². The average molecular weight is 296 g/mol. The predicted molar refractivity (Wildman–Crippen MR) is 73.2 cm³/mol. The van der Waals surface area contributed by atoms with Crippen molar-refractivity contribution in [3.63, 3.8) is 0 Å². The second-order valence-electron chi connectivity index (χ2n) is 4.33. The van der Waals surface area contributed by atoms with Crippen LogP contribution in [0.15, 0.2) is 10.5 Å². The number of thiazole rings is 1. The van der Waals surface area contributed by atoms with Crippen LogP contribution in [0.1, 0.15) is 37.8 Å². The molecule has 1 heterocycles. The van der Waals surface area contributed by atoms with E-state index in [0.29, 0.717) is 0 Å². The number of ether oxygens (including phenoxy) is 1. The first-order chi connectivity index (χ1) is 9.69. The molecule has 1 radical (unpaired) electrons. The van der Waals surface area contributed by atoms with Crippen molar-refractivity contribution < 1.29 is 19.2 Å². The molecule has 1 aliphatic carbocycles. The number of nitrogen functional groups attached to an aromatic ring is 1. The highest BCUT2D eigenvalue weighted by molar-refractivity contribution is 7.13. The molecule has 1 aromatic rings. The van der Waals surface area contributed by atoms with Gasteiger partial charge in [0.15, 0.2) is 10.8 Å². The van der Waals surface area contributed by atoms with E-state index in [1.807, 2.05) is 0 Å². The minimum Gasteiger partial charge on any atom is -0.429 e. The molecule has 1 aromatic heterocycles. The Morgan fingerprint density at radius 2 is 2.20 bits per heavy atom. The van der Waals surface area contributed by atoms with E-state index in [1.54, 1.807) is 6.29 Å². The quantitative estimate of drug-likeness (QED) is 0.394. The molecule has 0 unspecified atom stereocenters. The van der Waals surface area contributed by atoms with Gasteiger partial charge < -0.3 is 10.5 Å². The molecular formula is C12H14N3O4S. The van der Waals surface area contributed by atoms with Crippen LogP contribution in [0.25, 0.3) is 0 Å². The van der Waals surface area contributed by atoms with Crippen LogP contribution in [-0.2, 0) is 14.4 Å². The van der Waals surface area contributed by atoms with Crippen LogP contribution in [-0.4, -0.2) is 29.2 Å². The summed E-state index contributed by atoms with van der Waals surface area (Å²) in [5.74, 6) is 0. The molecule has 107 valence electrons. The van der Waals surface area contributed by atoms with E-state index in [1.165, 1.54) is 5.38 Å². The third-order valence-corrected chi connectivity index (χ3v) is 3.56. The number of hydrogen-bond donors (Lipinski definition) is 1. The molecule has 1 aliphatic rings. The average Bonchev–Trinajstić information content (AvgIpc) is 2.87. The first-order valence-corrected chi connectivity index (χ1v) is 7.12. The number of hydrogen-bond acceptors (Lipinski definition) is 8. The fraction of sp³-hybridized carbons (Fsp3) is 0.500. The van der Waals surface area contributed by atoms with Gasteiger partial charge in [-0.15, -0.1) is 11.3 Å². The minimum absolute atomic E-state index is 0.134. The van der Waals surface area contributed by atoms with E-state index in [9.17, 15) is 9.59 Å². The van der Waals surface area contributed by atoms with Gasteiger partial charge in [-0.25, -0.2) is 9.78 Å². The largest absolute Gasteiger partial charge is 0.535 e. The van der Waals surface area contributed by atoms with E-state index in [4.69, 9.17) is 10.5 Å². The van der Waals surface area contributed by atoms with Crippen molar-refractivity contribution in [3.8, 4) is 0 Å². The highest BCUT2D eigenvalue weighted by Gasteiger charge is 2.19. The van der Waals surface area contributed by atoms with Crippen LogP contribution >= 0.6 is 11.3 Å². The molecule has 7 nitrogen and oxygen atoms in total. The lowest BCUT2D eigenvalue weighted by Crippen LogP contribution is -2.21. The molecule has 2 rings (SSSR count). The summed E-state index contributed by atoms with van der Waals surface area (Å²) in [6, 6.07) is 0. The molecule has 0 aromatic carbocycles. The lowest BCUT2D eigenvalue weighted by Gasteiger charge is -2.20. The Kier molecular flexibility index (Phi) is 5.05. The number of aromatic nitrogens is 1. The number of nitrogens with zero attached hydrogens (tertiary/aromatic N) is 2. The topological polar surface area (TPSA) is 104 Å². The Morgan fingerprint density at radius 1 is 1.45 bits per heavy atom. The highest BCUT2D eigenvalue weighted by Crippen LogP contribution is 2.20. The summed E-state index contributed by atoms with van der Waals surface area (Å²) in [6.45, 7) is 0. The third kappa shape index (κ3) is 4.02. The zero-order chi connectivity index (χ0) is 14.4. The fourth-order valence-electron chi connectivity index (χ4n) is 1.94. The Morgan fingerprint density at radius 3 is 2.80 bits per heavy atom. The van der Waals surface area contributed by atoms with Crippen LogP contribution in [0.5, 0.6) is 0 Å². The van der Waals surface area contributed by atoms with E-state index in [-0.39, 0.29) is 22.6 Å². The normalized spacial score (nSPS) is 16.7. The first-order valence-electron chi connectivity index (χ1n) is 6.24. The maximum absolute atomic E-state index is 11.4. The van der Waals surface area contributed by atoms with Gasteiger partial charge in [-0.1, -0.05) is 11.6 Å². The second kappa shape index (κ2) is 6.99. The molecule has 0 bridgehead atoms. The van der Waals surface area contributed by atoms with E-state index in [2.05, 4.69) is 15.0 Å². The summed E-state index contributed by atoms with van der Waals surface area (Å²) in [7, 11) is 0. The summed E-state index contributed by atoms with van der Waals surface area (Å²) in [6.07, 6.45) is 5.37. The van der Waals surface area contributed by atoms with Crippen LogP contribution in [0.4, 0.5) is 9.93 Å².